The smallest absolute Gasteiger partial charge is 0.176 e. The van der Waals surface area contributed by atoms with Gasteiger partial charge in [0.15, 0.2) is 11.6 Å². The average molecular weight is 328 g/mol. The number of aromatic nitrogens is 4. The highest BCUT2D eigenvalue weighted by Gasteiger charge is 2.24. The zero-order valence-electron chi connectivity index (χ0n) is 15.2. The molecule has 1 aliphatic rings. The number of nitrogens with zero attached hydrogens (tertiary/aromatic N) is 6. The van der Waals surface area contributed by atoms with Crippen molar-refractivity contribution in [1.29, 1.82) is 0 Å². The van der Waals surface area contributed by atoms with Crippen molar-refractivity contribution in [3.05, 3.63) is 29.6 Å². The van der Waals surface area contributed by atoms with Gasteiger partial charge in [0.1, 0.15) is 0 Å². The number of hydrogen-bond donors (Lipinski definition) is 0. The van der Waals surface area contributed by atoms with E-state index in [-0.39, 0.29) is 0 Å². The third-order valence-corrected chi connectivity index (χ3v) is 4.65. The molecule has 1 fully saturated rings. The normalized spacial score (nSPS) is 17.9. The molecular formula is C18H28N6. The first kappa shape index (κ1) is 16.9. The molecule has 0 spiro atoms. The van der Waals surface area contributed by atoms with Crippen LogP contribution in [0, 0.1) is 19.8 Å². The lowest BCUT2D eigenvalue weighted by Gasteiger charge is -2.21. The monoisotopic (exact) mass is 328 g/mol. The van der Waals surface area contributed by atoms with Gasteiger partial charge >= 0.3 is 0 Å². The van der Waals surface area contributed by atoms with Gasteiger partial charge in [-0.3, -0.25) is 0 Å². The van der Waals surface area contributed by atoms with Gasteiger partial charge in [-0.05, 0) is 64.4 Å². The number of hydrogen-bond acceptors (Lipinski definition) is 5. The second-order valence-corrected chi connectivity index (χ2v) is 6.95. The van der Waals surface area contributed by atoms with E-state index in [1.807, 2.05) is 30.7 Å². The Labute approximate surface area is 144 Å². The van der Waals surface area contributed by atoms with Crippen LogP contribution in [0.25, 0.3) is 5.82 Å². The maximum atomic E-state index is 4.46. The summed E-state index contributed by atoms with van der Waals surface area (Å²) in [6.45, 7) is 10.7. The summed E-state index contributed by atoms with van der Waals surface area (Å²) in [6, 6.07) is 6.13. The largest absolute Gasteiger partial charge is 0.355 e. The minimum absolute atomic E-state index is 0.721. The van der Waals surface area contributed by atoms with Crippen LogP contribution in [0.5, 0.6) is 0 Å². The highest BCUT2D eigenvalue weighted by atomic mass is 15.4. The van der Waals surface area contributed by atoms with Crippen molar-refractivity contribution in [3.8, 4) is 5.82 Å². The molecular weight excluding hydrogens is 300 g/mol. The van der Waals surface area contributed by atoms with E-state index in [1.165, 1.54) is 25.9 Å². The molecule has 2 aromatic heterocycles. The molecule has 3 heterocycles. The molecule has 0 radical (unpaired) electrons. The summed E-state index contributed by atoms with van der Waals surface area (Å²) in [5.74, 6) is 2.47. The summed E-state index contributed by atoms with van der Waals surface area (Å²) in [6.07, 6.45) is 2.45. The molecule has 0 unspecified atom stereocenters. The maximum Gasteiger partial charge on any atom is 0.176 e. The third-order valence-electron chi connectivity index (χ3n) is 4.65. The van der Waals surface area contributed by atoms with Crippen LogP contribution in [-0.4, -0.2) is 58.1 Å². The summed E-state index contributed by atoms with van der Waals surface area (Å²) in [5.41, 5.74) is 2.08. The van der Waals surface area contributed by atoms with Gasteiger partial charge in [0.25, 0.3) is 0 Å². The fraction of sp³-hybridized carbons (Fsp3) is 0.611. The molecule has 1 aliphatic heterocycles. The second-order valence-electron chi connectivity index (χ2n) is 6.95. The van der Waals surface area contributed by atoms with E-state index >= 15 is 0 Å². The zero-order valence-corrected chi connectivity index (χ0v) is 15.2. The second kappa shape index (κ2) is 7.30. The quantitative estimate of drug-likeness (QED) is 0.815. The van der Waals surface area contributed by atoms with Crippen molar-refractivity contribution >= 4 is 5.82 Å². The highest BCUT2D eigenvalue weighted by Crippen LogP contribution is 2.23. The van der Waals surface area contributed by atoms with E-state index in [1.54, 1.807) is 0 Å². The summed E-state index contributed by atoms with van der Waals surface area (Å²) >= 11 is 0. The van der Waals surface area contributed by atoms with Crippen molar-refractivity contribution in [2.24, 2.45) is 5.92 Å². The van der Waals surface area contributed by atoms with E-state index in [2.05, 4.69) is 45.1 Å². The number of rotatable bonds is 6. The Morgan fingerprint density at radius 3 is 2.58 bits per heavy atom. The Kier molecular flexibility index (Phi) is 5.14. The summed E-state index contributed by atoms with van der Waals surface area (Å²) in [4.78, 5) is 4.79. The van der Waals surface area contributed by atoms with Gasteiger partial charge in [0.2, 0.25) is 0 Å². The number of anilines is 1. The molecule has 0 aromatic carbocycles. The summed E-state index contributed by atoms with van der Waals surface area (Å²) < 4.78 is 1.85. The third kappa shape index (κ3) is 3.75. The molecule has 0 bridgehead atoms. The lowest BCUT2D eigenvalue weighted by Crippen LogP contribution is -2.29. The molecule has 3 rings (SSSR count). The van der Waals surface area contributed by atoms with Crippen LogP contribution in [-0.2, 0) is 0 Å². The fourth-order valence-corrected chi connectivity index (χ4v) is 3.56. The van der Waals surface area contributed by atoms with Crippen molar-refractivity contribution in [2.45, 2.75) is 33.6 Å². The molecule has 1 atom stereocenters. The predicted molar refractivity (Wildman–Crippen MR) is 96.7 cm³/mol. The fourth-order valence-electron chi connectivity index (χ4n) is 3.56. The minimum Gasteiger partial charge on any atom is -0.355 e. The van der Waals surface area contributed by atoms with Gasteiger partial charge in [0.05, 0.1) is 5.69 Å². The average Bonchev–Trinajstić information content (AvgIpc) is 3.14. The SMILES string of the molecule is CCCN(C)C[C@H]1CCN(c2ccc(-n3nc(C)cc3C)nn2)C1. The Balaban J connectivity index is 1.63. The lowest BCUT2D eigenvalue weighted by molar-refractivity contribution is 0.287. The summed E-state index contributed by atoms with van der Waals surface area (Å²) in [5, 5.41) is 13.3. The Morgan fingerprint density at radius 2 is 1.96 bits per heavy atom. The molecule has 0 amide bonds. The van der Waals surface area contributed by atoms with Crippen LogP contribution in [0.15, 0.2) is 18.2 Å². The molecule has 6 heteroatoms. The van der Waals surface area contributed by atoms with Crippen LogP contribution >= 0.6 is 0 Å². The van der Waals surface area contributed by atoms with E-state index in [9.17, 15) is 0 Å². The molecule has 6 nitrogen and oxygen atoms in total. The van der Waals surface area contributed by atoms with Crippen molar-refractivity contribution in [3.63, 3.8) is 0 Å². The predicted octanol–water partition coefficient (Wildman–Crippen LogP) is 2.45. The molecule has 1 saturated heterocycles. The van der Waals surface area contributed by atoms with Crippen LogP contribution < -0.4 is 4.90 Å². The first-order chi connectivity index (χ1) is 11.6. The zero-order chi connectivity index (χ0) is 17.1. The number of aryl methyl sites for hydroxylation is 2. The topological polar surface area (TPSA) is 50.1 Å². The van der Waals surface area contributed by atoms with Crippen LogP contribution in [0.4, 0.5) is 5.82 Å². The van der Waals surface area contributed by atoms with Crippen LogP contribution in [0.3, 0.4) is 0 Å². The molecule has 0 aliphatic carbocycles. The molecule has 2 aromatic rings. The first-order valence-electron chi connectivity index (χ1n) is 8.87. The van der Waals surface area contributed by atoms with Crippen LogP contribution in [0.2, 0.25) is 0 Å². The van der Waals surface area contributed by atoms with E-state index in [0.29, 0.717) is 0 Å². The molecule has 130 valence electrons. The van der Waals surface area contributed by atoms with Gasteiger partial charge in [-0.15, -0.1) is 10.2 Å². The van der Waals surface area contributed by atoms with Crippen molar-refractivity contribution < 1.29 is 0 Å². The minimum atomic E-state index is 0.721. The van der Waals surface area contributed by atoms with Gasteiger partial charge in [-0.2, -0.15) is 5.10 Å². The standard InChI is InChI=1S/C18H28N6/c1-5-9-22(4)12-16-8-10-23(13-16)17-6-7-18(20-19-17)24-15(3)11-14(2)21-24/h6-7,11,16H,5,8-10,12-13H2,1-4H3/t16-/m1/s1. The first-order valence-corrected chi connectivity index (χ1v) is 8.87. The maximum absolute atomic E-state index is 4.46. The Hall–Kier alpha value is -1.95. The van der Waals surface area contributed by atoms with Crippen molar-refractivity contribution in [2.75, 3.05) is 38.1 Å². The lowest BCUT2D eigenvalue weighted by atomic mass is 10.1. The van der Waals surface area contributed by atoms with Gasteiger partial charge in [-0.25, -0.2) is 4.68 Å². The van der Waals surface area contributed by atoms with E-state index < -0.39 is 0 Å². The molecule has 0 saturated carbocycles. The van der Waals surface area contributed by atoms with E-state index in [4.69, 9.17) is 0 Å². The van der Waals surface area contributed by atoms with Gasteiger partial charge < -0.3 is 9.80 Å². The molecule has 24 heavy (non-hydrogen) atoms. The van der Waals surface area contributed by atoms with Crippen molar-refractivity contribution in [1.82, 2.24) is 24.9 Å². The van der Waals surface area contributed by atoms with Gasteiger partial charge in [-0.1, -0.05) is 6.92 Å². The molecule has 0 N–H and O–H groups in total. The highest BCUT2D eigenvalue weighted by molar-refractivity contribution is 5.41. The Bertz CT molecular complexity index is 663. The van der Waals surface area contributed by atoms with E-state index in [0.717, 1.165) is 42.0 Å². The Morgan fingerprint density at radius 1 is 1.21 bits per heavy atom. The van der Waals surface area contributed by atoms with Crippen LogP contribution in [0.1, 0.15) is 31.2 Å². The van der Waals surface area contributed by atoms with Gasteiger partial charge in [0, 0.05) is 25.3 Å². The summed E-state index contributed by atoms with van der Waals surface area (Å²) in [7, 11) is 2.22.